The molecule has 0 saturated carbocycles. The molecule has 0 spiro atoms. The Morgan fingerprint density at radius 1 is 0.743 bits per heavy atom. The van der Waals surface area contributed by atoms with Crippen molar-refractivity contribution in [3.63, 3.8) is 0 Å². The highest BCUT2D eigenvalue weighted by Gasteiger charge is 2.32. The van der Waals surface area contributed by atoms with Crippen LogP contribution >= 0.6 is 0 Å². The molecule has 3 aromatic carbocycles. The Kier molecular flexibility index (Phi) is 7.68. The number of hydrogen-bond acceptors (Lipinski definition) is 2. The third kappa shape index (κ3) is 6.98. The van der Waals surface area contributed by atoms with E-state index in [2.05, 4.69) is 10.6 Å². The summed E-state index contributed by atoms with van der Waals surface area (Å²) >= 11 is 0. The lowest BCUT2D eigenvalue weighted by molar-refractivity contribution is -0.138. The first-order chi connectivity index (χ1) is 16.4. The molecule has 0 bridgehead atoms. The van der Waals surface area contributed by atoms with Crippen LogP contribution in [0.1, 0.15) is 21.5 Å². The summed E-state index contributed by atoms with van der Waals surface area (Å²) in [6.07, 6.45) is -9.33. The Balaban J connectivity index is 1.82. The van der Waals surface area contributed by atoms with E-state index >= 15 is 0 Å². The second-order valence-corrected chi connectivity index (χ2v) is 7.33. The van der Waals surface area contributed by atoms with Crippen molar-refractivity contribution in [1.29, 1.82) is 0 Å². The number of carbonyl (C=O) groups excluding carboxylic acids is 2. The first-order valence-electron chi connectivity index (χ1n) is 10.2. The largest absolute Gasteiger partial charge is 0.416 e. The molecule has 3 amide bonds. The van der Waals surface area contributed by atoms with Gasteiger partial charge in [-0.05, 0) is 48.5 Å². The Labute approximate surface area is 196 Å². The molecule has 0 aliphatic rings. The highest BCUT2D eigenvalue weighted by atomic mass is 19.4. The standard InChI is InChI=1S/C24H19F6N3O2/c25-23(26,27)17-8-4-10-19(14-17)32-22(35)33(20-11-5-9-18(15-20)24(28,29)30)13-12-31-21(34)16-6-2-1-3-7-16/h1-11,14-15H,12-13H2,(H,31,34)(H,32,35). The molecule has 0 fully saturated rings. The molecule has 2 N–H and O–H groups in total. The van der Waals surface area contributed by atoms with E-state index < -0.39 is 35.4 Å². The van der Waals surface area contributed by atoms with Gasteiger partial charge in [0.25, 0.3) is 5.91 Å². The van der Waals surface area contributed by atoms with Gasteiger partial charge in [-0.2, -0.15) is 26.3 Å². The van der Waals surface area contributed by atoms with Gasteiger partial charge in [0.2, 0.25) is 0 Å². The number of nitrogens with one attached hydrogen (secondary N) is 2. The Morgan fingerprint density at radius 3 is 1.97 bits per heavy atom. The van der Waals surface area contributed by atoms with Gasteiger partial charge >= 0.3 is 18.4 Å². The van der Waals surface area contributed by atoms with Gasteiger partial charge in [0.05, 0.1) is 11.1 Å². The maximum Gasteiger partial charge on any atom is 0.416 e. The van der Waals surface area contributed by atoms with Crippen LogP contribution in [0.3, 0.4) is 0 Å². The van der Waals surface area contributed by atoms with E-state index in [1.165, 1.54) is 12.1 Å². The van der Waals surface area contributed by atoms with Gasteiger partial charge in [0.1, 0.15) is 0 Å². The number of nitrogens with zero attached hydrogens (tertiary/aromatic N) is 1. The maximum absolute atomic E-state index is 13.2. The number of alkyl halides is 6. The van der Waals surface area contributed by atoms with Crippen molar-refractivity contribution in [2.24, 2.45) is 0 Å². The van der Waals surface area contributed by atoms with Gasteiger partial charge in [-0.15, -0.1) is 0 Å². The summed E-state index contributed by atoms with van der Waals surface area (Å²) in [7, 11) is 0. The molecule has 0 atom stereocenters. The van der Waals surface area contributed by atoms with Crippen LogP contribution < -0.4 is 15.5 Å². The molecule has 3 aromatic rings. The lowest BCUT2D eigenvalue weighted by atomic mass is 10.1. The second kappa shape index (κ2) is 10.5. The van der Waals surface area contributed by atoms with Crippen LogP contribution in [0, 0.1) is 0 Å². The topological polar surface area (TPSA) is 61.4 Å². The molecule has 0 aliphatic carbocycles. The number of amides is 3. The van der Waals surface area contributed by atoms with Crippen LogP contribution in [0.15, 0.2) is 78.9 Å². The fourth-order valence-electron chi connectivity index (χ4n) is 3.14. The highest BCUT2D eigenvalue weighted by Crippen LogP contribution is 2.33. The quantitative estimate of drug-likeness (QED) is 0.401. The van der Waals surface area contributed by atoms with E-state index in [1.807, 2.05) is 0 Å². The zero-order chi connectivity index (χ0) is 25.6. The van der Waals surface area contributed by atoms with Crippen molar-refractivity contribution in [2.45, 2.75) is 12.4 Å². The predicted octanol–water partition coefficient (Wildman–Crippen LogP) is 6.19. The third-order valence-electron chi connectivity index (χ3n) is 4.83. The average molecular weight is 495 g/mol. The Morgan fingerprint density at radius 2 is 1.34 bits per heavy atom. The highest BCUT2D eigenvalue weighted by molar-refractivity contribution is 6.02. The number of rotatable bonds is 6. The molecule has 0 saturated heterocycles. The van der Waals surface area contributed by atoms with Gasteiger partial charge in [-0.3, -0.25) is 9.69 Å². The normalized spacial score (nSPS) is 11.6. The SMILES string of the molecule is O=C(NCCN(C(=O)Nc1cccc(C(F)(F)F)c1)c1cccc(C(F)(F)F)c1)c1ccccc1. The fraction of sp³-hybridized carbons (Fsp3) is 0.167. The molecular formula is C24H19F6N3O2. The molecule has 11 heteroatoms. The average Bonchev–Trinajstić information content (AvgIpc) is 2.81. The minimum absolute atomic E-state index is 0.139. The van der Waals surface area contributed by atoms with Crippen LogP contribution in [0.4, 0.5) is 42.5 Å². The van der Waals surface area contributed by atoms with Gasteiger partial charge in [-0.25, -0.2) is 4.79 Å². The summed E-state index contributed by atoms with van der Waals surface area (Å²) in [5.74, 6) is -0.465. The monoisotopic (exact) mass is 495 g/mol. The Hall–Kier alpha value is -4.02. The van der Waals surface area contributed by atoms with Crippen molar-refractivity contribution >= 4 is 23.3 Å². The summed E-state index contributed by atoms with van der Waals surface area (Å²) in [6.45, 7) is -0.398. The lowest BCUT2D eigenvalue weighted by Crippen LogP contribution is -2.41. The van der Waals surface area contributed by atoms with Crippen molar-refractivity contribution in [2.75, 3.05) is 23.3 Å². The minimum Gasteiger partial charge on any atom is -0.350 e. The predicted molar refractivity (Wildman–Crippen MR) is 118 cm³/mol. The summed E-state index contributed by atoms with van der Waals surface area (Å²) in [6, 6.07) is 14.9. The van der Waals surface area contributed by atoms with Gasteiger partial charge in [0.15, 0.2) is 0 Å². The summed E-state index contributed by atoms with van der Waals surface area (Å²) in [4.78, 5) is 26.1. The first-order valence-corrected chi connectivity index (χ1v) is 10.2. The van der Waals surface area contributed by atoms with Crippen molar-refractivity contribution in [3.8, 4) is 0 Å². The number of halogens is 6. The summed E-state index contributed by atoms with van der Waals surface area (Å²) in [5, 5.41) is 4.83. The molecule has 3 rings (SSSR count). The second-order valence-electron chi connectivity index (χ2n) is 7.33. The maximum atomic E-state index is 13.2. The van der Waals surface area contributed by atoms with Crippen LogP contribution in [-0.4, -0.2) is 25.0 Å². The number of carbonyl (C=O) groups is 2. The first kappa shape index (κ1) is 25.6. The molecule has 35 heavy (non-hydrogen) atoms. The van der Waals surface area contributed by atoms with E-state index in [9.17, 15) is 35.9 Å². The van der Waals surface area contributed by atoms with E-state index in [-0.39, 0.29) is 24.5 Å². The van der Waals surface area contributed by atoms with Crippen molar-refractivity contribution < 1.29 is 35.9 Å². The van der Waals surface area contributed by atoms with E-state index in [0.717, 1.165) is 35.2 Å². The van der Waals surface area contributed by atoms with E-state index in [4.69, 9.17) is 0 Å². The Bertz CT molecular complexity index is 1180. The molecule has 0 heterocycles. The number of urea groups is 1. The zero-order valence-electron chi connectivity index (χ0n) is 18.0. The molecule has 0 unspecified atom stereocenters. The van der Waals surface area contributed by atoms with Gasteiger partial charge in [-0.1, -0.05) is 30.3 Å². The van der Waals surface area contributed by atoms with Crippen LogP contribution in [0.5, 0.6) is 0 Å². The minimum atomic E-state index is -4.68. The van der Waals surface area contributed by atoms with Crippen LogP contribution in [-0.2, 0) is 12.4 Å². The summed E-state index contributed by atoms with van der Waals surface area (Å²) < 4.78 is 78.6. The number of anilines is 2. The van der Waals surface area contributed by atoms with E-state index in [0.29, 0.717) is 11.6 Å². The fourth-order valence-corrected chi connectivity index (χ4v) is 3.14. The smallest absolute Gasteiger partial charge is 0.350 e. The van der Waals surface area contributed by atoms with Crippen LogP contribution in [0.2, 0.25) is 0 Å². The van der Waals surface area contributed by atoms with E-state index in [1.54, 1.807) is 30.3 Å². The van der Waals surface area contributed by atoms with Gasteiger partial charge in [0, 0.05) is 30.0 Å². The molecule has 0 aromatic heterocycles. The van der Waals surface area contributed by atoms with Gasteiger partial charge < -0.3 is 10.6 Å². The third-order valence-corrected chi connectivity index (χ3v) is 4.83. The molecule has 0 radical (unpaired) electrons. The number of benzene rings is 3. The molecule has 184 valence electrons. The van der Waals surface area contributed by atoms with Crippen molar-refractivity contribution in [3.05, 3.63) is 95.6 Å². The molecule has 5 nitrogen and oxygen atoms in total. The number of hydrogen-bond donors (Lipinski definition) is 2. The molecular weight excluding hydrogens is 476 g/mol. The summed E-state index contributed by atoms with van der Waals surface area (Å²) in [5.41, 5.74) is -2.03. The molecule has 0 aliphatic heterocycles. The van der Waals surface area contributed by atoms with Crippen molar-refractivity contribution in [1.82, 2.24) is 5.32 Å². The zero-order valence-corrected chi connectivity index (χ0v) is 18.0. The lowest BCUT2D eigenvalue weighted by Gasteiger charge is -2.24. The van der Waals surface area contributed by atoms with Crippen LogP contribution in [0.25, 0.3) is 0 Å².